The number of carbonyl (C=O) groups is 3. The van der Waals surface area contributed by atoms with Gasteiger partial charge in [-0.3, -0.25) is 4.79 Å². The molecule has 2 atom stereocenters. The summed E-state index contributed by atoms with van der Waals surface area (Å²) < 4.78 is -0.976. The van der Waals surface area contributed by atoms with Gasteiger partial charge in [0.15, 0.2) is 0 Å². The van der Waals surface area contributed by atoms with Crippen LogP contribution in [-0.4, -0.2) is 38.8 Å². The van der Waals surface area contributed by atoms with E-state index in [-0.39, 0.29) is 0 Å². The van der Waals surface area contributed by atoms with Gasteiger partial charge in [0.1, 0.15) is 17.8 Å². The number of nitrogens with two attached hydrogens (primary N) is 1. The van der Waals surface area contributed by atoms with E-state index in [0.717, 1.165) is 6.20 Å². The third-order valence-corrected chi connectivity index (χ3v) is 3.54. The first-order valence-electron chi connectivity index (χ1n) is 7.30. The third-order valence-electron chi connectivity index (χ3n) is 3.28. The highest BCUT2D eigenvalue weighted by molar-refractivity contribution is 7.81. The number of rotatable bonds is 8. The highest BCUT2D eigenvalue weighted by atomic mass is 32.1. The highest BCUT2D eigenvalue weighted by Gasteiger charge is 2.31. The van der Waals surface area contributed by atoms with Gasteiger partial charge in [-0.2, -0.15) is 12.6 Å². The Bertz CT molecular complexity index is 670. The Labute approximate surface area is 150 Å². The first-order chi connectivity index (χ1) is 11.5. The number of hydrogen-bond donors (Lipinski definition) is 6. The van der Waals surface area contributed by atoms with E-state index < -0.39 is 40.4 Å². The van der Waals surface area contributed by atoms with E-state index >= 15 is 0 Å². The SMILES string of the molecule is CC(C)(S)[C@H](NC=C(NC(=O)C(N)c1ccccc1)C(=O)O)C(=O)O. The number of aliphatic carboxylic acids is 2. The molecule has 0 aliphatic carbocycles. The number of carboxylic acid groups (broad SMARTS) is 2. The Morgan fingerprint density at radius 1 is 1.20 bits per heavy atom. The minimum Gasteiger partial charge on any atom is -0.480 e. The van der Waals surface area contributed by atoms with Crippen LogP contribution >= 0.6 is 12.6 Å². The Hall–Kier alpha value is -2.52. The van der Waals surface area contributed by atoms with Crippen LogP contribution in [0.4, 0.5) is 0 Å². The zero-order chi connectivity index (χ0) is 19.2. The maximum Gasteiger partial charge on any atom is 0.353 e. The van der Waals surface area contributed by atoms with Gasteiger partial charge in [-0.15, -0.1) is 0 Å². The quantitative estimate of drug-likeness (QED) is 0.290. The topological polar surface area (TPSA) is 142 Å². The Morgan fingerprint density at radius 2 is 1.76 bits per heavy atom. The van der Waals surface area contributed by atoms with Crippen molar-refractivity contribution in [2.24, 2.45) is 5.73 Å². The summed E-state index contributed by atoms with van der Waals surface area (Å²) in [7, 11) is 0. The Kier molecular flexibility index (Phi) is 7.01. The van der Waals surface area contributed by atoms with E-state index in [1.807, 2.05) is 0 Å². The fourth-order valence-corrected chi connectivity index (χ4v) is 2.10. The van der Waals surface area contributed by atoms with Crippen molar-refractivity contribution >= 4 is 30.5 Å². The van der Waals surface area contributed by atoms with Gasteiger partial charge in [0.05, 0.1) is 0 Å². The van der Waals surface area contributed by atoms with Crippen molar-refractivity contribution in [2.45, 2.75) is 30.7 Å². The summed E-state index contributed by atoms with van der Waals surface area (Å²) in [6.07, 6.45) is 0.911. The van der Waals surface area contributed by atoms with Crippen molar-refractivity contribution in [3.63, 3.8) is 0 Å². The number of nitrogens with one attached hydrogen (secondary N) is 2. The lowest BCUT2D eigenvalue weighted by Crippen LogP contribution is -2.47. The summed E-state index contributed by atoms with van der Waals surface area (Å²) in [5, 5.41) is 23.0. The van der Waals surface area contributed by atoms with Gasteiger partial charge in [0.25, 0.3) is 0 Å². The van der Waals surface area contributed by atoms with Crippen molar-refractivity contribution in [1.29, 1.82) is 0 Å². The molecule has 0 spiro atoms. The molecule has 1 amide bonds. The van der Waals surface area contributed by atoms with Crippen LogP contribution in [0, 0.1) is 0 Å². The molecule has 1 aromatic rings. The fraction of sp³-hybridized carbons (Fsp3) is 0.312. The van der Waals surface area contributed by atoms with Crippen LogP contribution in [0.25, 0.3) is 0 Å². The van der Waals surface area contributed by atoms with Crippen molar-refractivity contribution < 1.29 is 24.6 Å². The molecule has 0 saturated carbocycles. The first-order valence-corrected chi connectivity index (χ1v) is 7.75. The van der Waals surface area contributed by atoms with Crippen LogP contribution in [0.2, 0.25) is 0 Å². The zero-order valence-corrected chi connectivity index (χ0v) is 14.7. The molecule has 1 rings (SSSR count). The molecule has 0 aromatic heterocycles. The number of thiol groups is 1. The molecule has 6 N–H and O–H groups in total. The molecule has 1 aromatic carbocycles. The van der Waals surface area contributed by atoms with Gasteiger partial charge < -0.3 is 26.6 Å². The van der Waals surface area contributed by atoms with Gasteiger partial charge >= 0.3 is 11.9 Å². The summed E-state index contributed by atoms with van der Waals surface area (Å²) in [6, 6.07) is 6.18. The van der Waals surface area contributed by atoms with Crippen LogP contribution in [0.3, 0.4) is 0 Å². The predicted molar refractivity (Wildman–Crippen MR) is 94.9 cm³/mol. The largest absolute Gasteiger partial charge is 0.480 e. The molecule has 1 unspecified atom stereocenters. The van der Waals surface area contributed by atoms with Gasteiger partial charge in [-0.05, 0) is 19.4 Å². The number of benzene rings is 1. The van der Waals surface area contributed by atoms with Crippen molar-refractivity contribution in [3.05, 3.63) is 47.8 Å². The molecule has 8 nitrogen and oxygen atoms in total. The third kappa shape index (κ3) is 6.12. The molecule has 0 saturated heterocycles. The maximum atomic E-state index is 12.1. The summed E-state index contributed by atoms with van der Waals surface area (Å²) >= 11 is 4.17. The van der Waals surface area contributed by atoms with Crippen LogP contribution in [0.5, 0.6) is 0 Å². The molecule has 0 heterocycles. The standard InChI is InChI=1S/C16H21N3O5S/c1-16(2,25)12(15(23)24)18-8-10(14(21)22)19-13(20)11(17)9-6-4-3-5-7-9/h3-8,11-12,18,25H,17H2,1-2H3,(H,19,20)(H,21,22)(H,23,24)/t11?,12-/m1/s1. The van der Waals surface area contributed by atoms with E-state index in [2.05, 4.69) is 23.3 Å². The smallest absolute Gasteiger partial charge is 0.353 e. The number of carbonyl (C=O) groups excluding carboxylic acids is 1. The molecule has 0 aliphatic heterocycles. The normalized spacial score (nSPS) is 14.3. The van der Waals surface area contributed by atoms with E-state index in [0.29, 0.717) is 5.56 Å². The second kappa shape index (κ2) is 8.54. The maximum absolute atomic E-state index is 12.1. The van der Waals surface area contributed by atoms with E-state index in [9.17, 15) is 24.6 Å². The molecule has 9 heteroatoms. The molecular weight excluding hydrogens is 346 g/mol. The summed E-state index contributed by atoms with van der Waals surface area (Å²) in [4.78, 5) is 34.7. The average molecular weight is 367 g/mol. The van der Waals surface area contributed by atoms with Crippen LogP contribution in [-0.2, 0) is 14.4 Å². The molecule has 25 heavy (non-hydrogen) atoms. The minimum absolute atomic E-state index is 0.512. The van der Waals surface area contributed by atoms with Crippen LogP contribution in [0.1, 0.15) is 25.5 Å². The van der Waals surface area contributed by atoms with Gasteiger partial charge in [-0.25, -0.2) is 9.59 Å². The highest BCUT2D eigenvalue weighted by Crippen LogP contribution is 2.18. The lowest BCUT2D eigenvalue weighted by Gasteiger charge is -2.26. The van der Waals surface area contributed by atoms with Crippen LogP contribution < -0.4 is 16.4 Å². The second-order valence-electron chi connectivity index (χ2n) is 5.83. The molecular formula is C16H21N3O5S. The van der Waals surface area contributed by atoms with E-state index in [4.69, 9.17) is 5.73 Å². The molecule has 0 radical (unpaired) electrons. The average Bonchev–Trinajstić information content (AvgIpc) is 2.52. The van der Waals surface area contributed by atoms with Crippen molar-refractivity contribution in [3.8, 4) is 0 Å². The Morgan fingerprint density at radius 3 is 2.20 bits per heavy atom. The monoisotopic (exact) mass is 367 g/mol. The van der Waals surface area contributed by atoms with Crippen molar-refractivity contribution in [1.82, 2.24) is 10.6 Å². The molecule has 0 fully saturated rings. The minimum atomic E-state index is -1.44. The number of carboxylic acids is 2. The summed E-state index contributed by atoms with van der Waals surface area (Å²) in [6.45, 7) is 3.11. The summed E-state index contributed by atoms with van der Waals surface area (Å²) in [5.41, 5.74) is 5.79. The van der Waals surface area contributed by atoms with Gasteiger partial charge in [0, 0.05) is 10.9 Å². The molecule has 0 aliphatic rings. The van der Waals surface area contributed by atoms with Crippen molar-refractivity contribution in [2.75, 3.05) is 0 Å². The zero-order valence-electron chi connectivity index (χ0n) is 13.8. The molecule has 0 bridgehead atoms. The number of amides is 1. The predicted octanol–water partition coefficient (Wildman–Crippen LogP) is 0.480. The fourth-order valence-electron chi connectivity index (χ4n) is 1.92. The Balaban J connectivity index is 2.91. The second-order valence-corrected chi connectivity index (χ2v) is 6.98. The summed E-state index contributed by atoms with van der Waals surface area (Å²) in [5.74, 6) is -3.39. The first kappa shape index (κ1) is 20.5. The van der Waals surface area contributed by atoms with Gasteiger partial charge in [-0.1, -0.05) is 30.3 Å². The molecule has 136 valence electrons. The van der Waals surface area contributed by atoms with E-state index in [1.54, 1.807) is 44.2 Å². The van der Waals surface area contributed by atoms with Gasteiger partial charge in [0.2, 0.25) is 5.91 Å². The van der Waals surface area contributed by atoms with Crippen LogP contribution in [0.15, 0.2) is 42.2 Å². The lowest BCUT2D eigenvalue weighted by atomic mass is 10.0. The number of hydrogen-bond acceptors (Lipinski definition) is 6. The lowest BCUT2D eigenvalue weighted by molar-refractivity contribution is -0.140. The van der Waals surface area contributed by atoms with E-state index in [1.165, 1.54) is 0 Å².